The Balaban J connectivity index is 2.58. The van der Waals surface area contributed by atoms with Crippen molar-refractivity contribution >= 4 is 17.6 Å². The summed E-state index contributed by atoms with van der Waals surface area (Å²) >= 11 is 0. The molecule has 0 aliphatic carbocycles. The van der Waals surface area contributed by atoms with E-state index in [0.717, 1.165) is 0 Å². The van der Waals surface area contributed by atoms with E-state index >= 15 is 0 Å². The van der Waals surface area contributed by atoms with Gasteiger partial charge < -0.3 is 15.5 Å². The van der Waals surface area contributed by atoms with E-state index in [9.17, 15) is 9.59 Å². The van der Waals surface area contributed by atoms with Crippen LogP contribution < -0.4 is 5.32 Å². The monoisotopic (exact) mass is 221 g/mol. The summed E-state index contributed by atoms with van der Waals surface area (Å²) in [5.74, 6) is -1.67. The highest BCUT2D eigenvalue weighted by Crippen LogP contribution is 2.15. The molecule has 0 fully saturated rings. The molecule has 0 aliphatic rings. The van der Waals surface area contributed by atoms with Gasteiger partial charge >= 0.3 is 5.97 Å². The van der Waals surface area contributed by atoms with Gasteiger partial charge in [0.25, 0.3) is 0 Å². The van der Waals surface area contributed by atoms with Crippen LogP contribution in [-0.4, -0.2) is 22.1 Å². The number of aliphatic carboxylic acids is 1. The smallest absolute Gasteiger partial charge is 0.331 e. The Bertz CT molecular complexity index is 439. The number of carboxylic acid groups (broad SMARTS) is 1. The molecule has 0 heterocycles. The van der Waals surface area contributed by atoms with E-state index in [1.165, 1.54) is 12.1 Å². The molecule has 1 aromatic rings. The van der Waals surface area contributed by atoms with Gasteiger partial charge in [-0.2, -0.15) is 0 Å². The Kier molecular flexibility index (Phi) is 3.66. The molecule has 5 nitrogen and oxygen atoms in total. The van der Waals surface area contributed by atoms with E-state index in [1.807, 2.05) is 0 Å². The van der Waals surface area contributed by atoms with Crippen LogP contribution in [0, 0.1) is 0 Å². The van der Waals surface area contributed by atoms with Gasteiger partial charge in [0.2, 0.25) is 5.91 Å². The third kappa shape index (κ3) is 3.45. The van der Waals surface area contributed by atoms with E-state index in [2.05, 4.69) is 11.9 Å². The molecule has 5 heteroatoms. The van der Waals surface area contributed by atoms with Gasteiger partial charge in [-0.15, -0.1) is 0 Å². The Hall–Kier alpha value is -2.30. The molecule has 0 spiro atoms. The lowest BCUT2D eigenvalue weighted by atomic mass is 10.2. The molecule has 1 amide bonds. The zero-order valence-electron chi connectivity index (χ0n) is 8.43. The fourth-order valence-corrected chi connectivity index (χ4v) is 1.06. The van der Waals surface area contributed by atoms with Gasteiger partial charge in [0, 0.05) is 17.3 Å². The van der Waals surface area contributed by atoms with Crippen LogP contribution in [0.25, 0.3) is 0 Å². The summed E-state index contributed by atoms with van der Waals surface area (Å²) in [7, 11) is 0. The molecule has 84 valence electrons. The fourth-order valence-electron chi connectivity index (χ4n) is 1.06. The molecule has 16 heavy (non-hydrogen) atoms. The normalized spacial score (nSPS) is 9.50. The quantitative estimate of drug-likeness (QED) is 0.670. The maximum Gasteiger partial charge on any atom is 0.331 e. The number of carbonyl (C=O) groups is 2. The number of phenols is 1. The molecular formula is C11H11NO4. The van der Waals surface area contributed by atoms with Crippen molar-refractivity contribution in [2.24, 2.45) is 0 Å². The first kappa shape index (κ1) is 11.8. The highest BCUT2D eigenvalue weighted by Gasteiger charge is 2.10. The molecule has 1 aromatic carbocycles. The number of hydrogen-bond acceptors (Lipinski definition) is 3. The highest BCUT2D eigenvalue weighted by molar-refractivity contribution is 5.99. The van der Waals surface area contributed by atoms with Gasteiger partial charge in [-0.1, -0.05) is 12.6 Å². The minimum Gasteiger partial charge on any atom is -0.508 e. The average molecular weight is 221 g/mol. The number of aromatic hydroxyl groups is 1. The van der Waals surface area contributed by atoms with Gasteiger partial charge in [0.1, 0.15) is 5.75 Å². The molecule has 0 bridgehead atoms. The van der Waals surface area contributed by atoms with Crippen molar-refractivity contribution < 1.29 is 19.8 Å². The molecule has 0 unspecified atom stereocenters. The maximum atomic E-state index is 11.3. The summed E-state index contributed by atoms with van der Waals surface area (Å²) in [6.45, 7) is 3.24. The molecule has 0 aliphatic heterocycles. The van der Waals surface area contributed by atoms with Crippen molar-refractivity contribution in [2.45, 2.75) is 6.42 Å². The second-order valence-corrected chi connectivity index (χ2v) is 3.18. The first-order valence-corrected chi connectivity index (χ1v) is 4.49. The van der Waals surface area contributed by atoms with Crippen LogP contribution in [-0.2, 0) is 9.59 Å². The Morgan fingerprint density at radius 2 is 2.06 bits per heavy atom. The summed E-state index contributed by atoms with van der Waals surface area (Å²) in [5, 5.41) is 20.1. The zero-order chi connectivity index (χ0) is 12.1. The summed E-state index contributed by atoms with van der Waals surface area (Å²) < 4.78 is 0. The van der Waals surface area contributed by atoms with E-state index in [1.54, 1.807) is 12.1 Å². The zero-order valence-corrected chi connectivity index (χ0v) is 8.43. The lowest BCUT2D eigenvalue weighted by Gasteiger charge is -2.05. The summed E-state index contributed by atoms with van der Waals surface area (Å²) in [6, 6.07) is 5.98. The maximum absolute atomic E-state index is 11.3. The topological polar surface area (TPSA) is 86.6 Å². The van der Waals surface area contributed by atoms with Crippen molar-refractivity contribution in [3.05, 3.63) is 36.4 Å². The molecule has 1 rings (SSSR count). The van der Waals surface area contributed by atoms with Gasteiger partial charge in [-0.05, 0) is 12.1 Å². The van der Waals surface area contributed by atoms with Crippen LogP contribution in [0.5, 0.6) is 5.75 Å². The Morgan fingerprint density at radius 1 is 1.38 bits per heavy atom. The van der Waals surface area contributed by atoms with Crippen LogP contribution in [0.4, 0.5) is 5.69 Å². The molecule has 3 N–H and O–H groups in total. The molecular weight excluding hydrogens is 210 g/mol. The van der Waals surface area contributed by atoms with Crippen LogP contribution in [0.15, 0.2) is 36.4 Å². The van der Waals surface area contributed by atoms with Crippen LogP contribution >= 0.6 is 0 Å². The number of carbonyl (C=O) groups excluding carboxylic acids is 1. The third-order valence-electron chi connectivity index (χ3n) is 1.81. The number of nitrogens with one attached hydrogen (secondary N) is 1. The standard InChI is InChI=1S/C11H11NO4/c1-7(11(15)16)5-10(14)12-8-3-2-4-9(13)6-8/h2-4,6,13H,1,5H2,(H,12,14)(H,15,16). The van der Waals surface area contributed by atoms with Crippen molar-refractivity contribution in [1.29, 1.82) is 0 Å². The summed E-state index contributed by atoms with van der Waals surface area (Å²) in [4.78, 5) is 21.7. The number of phenolic OH excluding ortho intramolecular Hbond substituents is 1. The highest BCUT2D eigenvalue weighted by atomic mass is 16.4. The van der Waals surface area contributed by atoms with Gasteiger partial charge in [-0.25, -0.2) is 4.79 Å². The predicted octanol–water partition coefficient (Wildman–Crippen LogP) is 1.36. The van der Waals surface area contributed by atoms with Crippen LogP contribution in [0.2, 0.25) is 0 Å². The molecule has 0 atom stereocenters. The first-order chi connectivity index (χ1) is 7.49. The Morgan fingerprint density at radius 3 is 2.62 bits per heavy atom. The SMILES string of the molecule is C=C(CC(=O)Nc1cccc(O)c1)C(=O)O. The van der Waals surface area contributed by atoms with E-state index in [4.69, 9.17) is 10.2 Å². The first-order valence-electron chi connectivity index (χ1n) is 4.49. The molecule has 0 radical (unpaired) electrons. The number of amides is 1. The van der Waals surface area contributed by atoms with Gasteiger partial charge in [0.05, 0.1) is 6.42 Å². The minimum atomic E-state index is -1.20. The van der Waals surface area contributed by atoms with Crippen LogP contribution in [0.1, 0.15) is 6.42 Å². The molecule has 0 aromatic heterocycles. The molecule has 0 saturated heterocycles. The van der Waals surface area contributed by atoms with Crippen LogP contribution in [0.3, 0.4) is 0 Å². The summed E-state index contributed by atoms with van der Waals surface area (Å²) in [5.41, 5.74) is 0.223. The van der Waals surface area contributed by atoms with Crippen molar-refractivity contribution in [3.63, 3.8) is 0 Å². The minimum absolute atomic E-state index is 0.0230. The second kappa shape index (κ2) is 4.97. The number of benzene rings is 1. The molecule has 0 saturated carbocycles. The van der Waals surface area contributed by atoms with Crippen molar-refractivity contribution in [1.82, 2.24) is 0 Å². The largest absolute Gasteiger partial charge is 0.508 e. The number of hydrogen-bond donors (Lipinski definition) is 3. The lowest BCUT2D eigenvalue weighted by molar-refractivity contribution is -0.133. The van der Waals surface area contributed by atoms with Crippen molar-refractivity contribution in [3.8, 4) is 5.75 Å². The van der Waals surface area contributed by atoms with Gasteiger partial charge in [-0.3, -0.25) is 4.79 Å². The third-order valence-corrected chi connectivity index (χ3v) is 1.81. The van der Waals surface area contributed by atoms with Gasteiger partial charge in [0.15, 0.2) is 0 Å². The number of carboxylic acids is 1. The number of rotatable bonds is 4. The lowest BCUT2D eigenvalue weighted by Crippen LogP contribution is -2.14. The average Bonchev–Trinajstić information content (AvgIpc) is 2.16. The van der Waals surface area contributed by atoms with E-state index < -0.39 is 11.9 Å². The van der Waals surface area contributed by atoms with E-state index in [-0.39, 0.29) is 17.7 Å². The summed E-state index contributed by atoms with van der Waals surface area (Å²) in [6.07, 6.45) is -0.287. The van der Waals surface area contributed by atoms with Crippen molar-refractivity contribution in [2.75, 3.05) is 5.32 Å². The number of anilines is 1. The second-order valence-electron chi connectivity index (χ2n) is 3.18. The van der Waals surface area contributed by atoms with E-state index in [0.29, 0.717) is 5.69 Å². The predicted molar refractivity (Wildman–Crippen MR) is 58.1 cm³/mol. The fraction of sp³-hybridized carbons (Fsp3) is 0.0909. The Labute approximate surface area is 92.0 Å².